The number of hydrogen-bond donors (Lipinski definition) is 1. The summed E-state index contributed by atoms with van der Waals surface area (Å²) in [6, 6.07) is -0.0952. The maximum Gasteiger partial charge on any atom is 0.242 e. The van der Waals surface area contributed by atoms with Gasteiger partial charge < -0.3 is 5.32 Å². The van der Waals surface area contributed by atoms with Crippen molar-refractivity contribution in [2.45, 2.75) is 12.5 Å². The first-order chi connectivity index (χ1) is 6.00. The van der Waals surface area contributed by atoms with Gasteiger partial charge in [0.2, 0.25) is 15.9 Å². The third-order valence-corrected chi connectivity index (χ3v) is 3.28. The number of hydrogen-bond acceptors (Lipinski definition) is 4. The first-order valence-corrected chi connectivity index (χ1v) is 5.81. The number of rotatable bonds is 1. The van der Waals surface area contributed by atoms with Gasteiger partial charge in [-0.2, -0.15) is 0 Å². The lowest BCUT2D eigenvalue weighted by Crippen LogP contribution is -2.30. The summed E-state index contributed by atoms with van der Waals surface area (Å²) in [6.45, 7) is 0.638. The van der Waals surface area contributed by atoms with Crippen LogP contribution in [-0.2, 0) is 14.8 Å². The molecule has 0 aromatic heterocycles. The van der Waals surface area contributed by atoms with Gasteiger partial charge in [0.15, 0.2) is 0 Å². The van der Waals surface area contributed by atoms with E-state index >= 15 is 0 Å². The van der Waals surface area contributed by atoms with Gasteiger partial charge in [-0.1, -0.05) is 0 Å². The molecule has 1 fully saturated rings. The molecule has 1 N–H and O–H groups in total. The van der Waals surface area contributed by atoms with Gasteiger partial charge >= 0.3 is 0 Å². The zero-order valence-electron chi connectivity index (χ0n) is 7.15. The number of nitrogens with zero attached hydrogens (tertiary/aromatic N) is 1. The van der Waals surface area contributed by atoms with Crippen LogP contribution in [-0.4, -0.2) is 37.5 Å². The van der Waals surface area contributed by atoms with Crippen LogP contribution in [0.25, 0.3) is 0 Å². The molecule has 1 amide bonds. The topological polar surface area (TPSA) is 66.5 Å². The maximum absolute atomic E-state index is 11.3. The molecule has 2 rings (SSSR count). The number of sulfonamides is 1. The zero-order valence-corrected chi connectivity index (χ0v) is 7.97. The van der Waals surface area contributed by atoms with E-state index < -0.39 is 10.0 Å². The minimum atomic E-state index is -3.43. The van der Waals surface area contributed by atoms with Crippen LogP contribution in [0.2, 0.25) is 0 Å². The lowest BCUT2D eigenvalue weighted by atomic mass is 10.2. The molecule has 5 nitrogen and oxygen atoms in total. The molecule has 2 heterocycles. The Balaban J connectivity index is 2.43. The fourth-order valence-electron chi connectivity index (χ4n) is 1.73. The van der Waals surface area contributed by atoms with Gasteiger partial charge in [-0.25, -0.2) is 12.7 Å². The third kappa shape index (κ3) is 1.26. The second kappa shape index (κ2) is 2.55. The average molecular weight is 202 g/mol. The van der Waals surface area contributed by atoms with E-state index in [1.54, 1.807) is 6.08 Å². The number of amides is 1. The fraction of sp³-hybridized carbons (Fsp3) is 0.571. The Morgan fingerprint density at radius 1 is 1.62 bits per heavy atom. The first-order valence-electron chi connectivity index (χ1n) is 3.97. The molecular formula is C7H10N2O3S. The molecule has 2 aliphatic heterocycles. The molecule has 0 saturated carbocycles. The number of carbonyl (C=O) groups is 1. The van der Waals surface area contributed by atoms with Crippen molar-refractivity contribution in [1.29, 1.82) is 0 Å². The van der Waals surface area contributed by atoms with Crippen LogP contribution in [0.3, 0.4) is 0 Å². The molecule has 1 atom stereocenters. The molecule has 0 aromatic rings. The SMILES string of the molecule is CS(=O)(=O)N1C(=O)CC2NCC=C21. The van der Waals surface area contributed by atoms with Crippen LogP contribution in [0, 0.1) is 0 Å². The first kappa shape index (κ1) is 8.71. The quantitative estimate of drug-likeness (QED) is 0.594. The average Bonchev–Trinajstić information content (AvgIpc) is 2.41. The molecule has 0 radical (unpaired) electrons. The predicted molar refractivity (Wildman–Crippen MR) is 46.2 cm³/mol. The van der Waals surface area contributed by atoms with Crippen molar-refractivity contribution in [1.82, 2.24) is 9.62 Å². The zero-order chi connectivity index (χ0) is 9.64. The van der Waals surface area contributed by atoms with Crippen molar-refractivity contribution < 1.29 is 13.2 Å². The highest BCUT2D eigenvalue weighted by molar-refractivity contribution is 7.89. The van der Waals surface area contributed by atoms with Crippen LogP contribution in [0.15, 0.2) is 11.8 Å². The molecule has 2 aliphatic rings. The standard InChI is InChI=1S/C7H10N2O3S/c1-13(11,12)9-6-2-3-8-5(6)4-7(9)10/h2,5,8H,3-4H2,1H3. The summed E-state index contributed by atoms with van der Waals surface area (Å²) in [5.74, 6) is -0.342. The van der Waals surface area contributed by atoms with E-state index in [0.29, 0.717) is 12.2 Å². The van der Waals surface area contributed by atoms with Crippen LogP contribution in [0.1, 0.15) is 6.42 Å². The number of fused-ring (bicyclic) bond motifs is 1. The smallest absolute Gasteiger partial charge is 0.242 e. The van der Waals surface area contributed by atoms with Crippen molar-refractivity contribution in [3.63, 3.8) is 0 Å². The van der Waals surface area contributed by atoms with Crippen molar-refractivity contribution in [3.8, 4) is 0 Å². The summed E-state index contributed by atoms with van der Waals surface area (Å²) < 4.78 is 23.3. The van der Waals surface area contributed by atoms with Crippen LogP contribution < -0.4 is 5.32 Å². The Morgan fingerprint density at radius 2 is 2.31 bits per heavy atom. The second-order valence-electron chi connectivity index (χ2n) is 3.22. The van der Waals surface area contributed by atoms with Gasteiger partial charge in [0.1, 0.15) is 0 Å². The summed E-state index contributed by atoms with van der Waals surface area (Å²) in [7, 11) is -3.43. The van der Waals surface area contributed by atoms with Gasteiger partial charge in [-0.3, -0.25) is 4.79 Å². The summed E-state index contributed by atoms with van der Waals surface area (Å²) in [4.78, 5) is 11.3. The monoisotopic (exact) mass is 202 g/mol. The van der Waals surface area contributed by atoms with Crippen LogP contribution >= 0.6 is 0 Å². The van der Waals surface area contributed by atoms with E-state index in [1.165, 1.54) is 0 Å². The highest BCUT2D eigenvalue weighted by Gasteiger charge is 2.41. The highest BCUT2D eigenvalue weighted by Crippen LogP contribution is 2.28. The van der Waals surface area contributed by atoms with E-state index in [1.807, 2.05) is 0 Å². The van der Waals surface area contributed by atoms with Gasteiger partial charge in [-0.15, -0.1) is 0 Å². The molecule has 0 aliphatic carbocycles. The lowest BCUT2D eigenvalue weighted by molar-refractivity contribution is -0.123. The largest absolute Gasteiger partial charge is 0.305 e. The van der Waals surface area contributed by atoms with E-state index in [-0.39, 0.29) is 18.4 Å². The molecule has 0 bridgehead atoms. The number of carbonyl (C=O) groups excluding carboxylic acids is 1. The van der Waals surface area contributed by atoms with Crippen molar-refractivity contribution in [3.05, 3.63) is 11.8 Å². The molecule has 6 heteroatoms. The molecule has 13 heavy (non-hydrogen) atoms. The molecule has 1 saturated heterocycles. The summed E-state index contributed by atoms with van der Waals surface area (Å²) in [6.07, 6.45) is 3.04. The molecule has 1 unspecified atom stereocenters. The molecular weight excluding hydrogens is 192 g/mol. The van der Waals surface area contributed by atoms with Gasteiger partial charge in [0.25, 0.3) is 0 Å². The minimum absolute atomic E-state index is 0.0952. The Bertz CT molecular complexity index is 385. The molecule has 72 valence electrons. The highest BCUT2D eigenvalue weighted by atomic mass is 32.2. The second-order valence-corrected chi connectivity index (χ2v) is 5.05. The Labute approximate surface area is 76.5 Å². The summed E-state index contributed by atoms with van der Waals surface area (Å²) in [5, 5.41) is 3.03. The summed E-state index contributed by atoms with van der Waals surface area (Å²) >= 11 is 0. The van der Waals surface area contributed by atoms with E-state index in [2.05, 4.69) is 5.32 Å². The number of nitrogens with one attached hydrogen (secondary N) is 1. The van der Waals surface area contributed by atoms with Crippen molar-refractivity contribution in [2.24, 2.45) is 0 Å². The fourth-order valence-corrected chi connectivity index (χ4v) is 2.76. The molecule has 0 aromatic carbocycles. The van der Waals surface area contributed by atoms with Gasteiger partial charge in [0, 0.05) is 13.0 Å². The minimum Gasteiger partial charge on any atom is -0.305 e. The van der Waals surface area contributed by atoms with Gasteiger partial charge in [0.05, 0.1) is 18.0 Å². The van der Waals surface area contributed by atoms with Crippen molar-refractivity contribution >= 4 is 15.9 Å². The Kier molecular flexibility index (Phi) is 1.71. The van der Waals surface area contributed by atoms with Crippen molar-refractivity contribution in [2.75, 3.05) is 12.8 Å². The predicted octanol–water partition coefficient (Wildman–Crippen LogP) is -0.966. The Morgan fingerprint density at radius 3 is 2.92 bits per heavy atom. The summed E-state index contributed by atoms with van der Waals surface area (Å²) in [5.41, 5.74) is 0.590. The van der Waals surface area contributed by atoms with E-state index in [0.717, 1.165) is 10.6 Å². The normalized spacial score (nSPS) is 27.8. The Hall–Kier alpha value is -0.880. The maximum atomic E-state index is 11.3. The van der Waals surface area contributed by atoms with Gasteiger partial charge in [-0.05, 0) is 6.08 Å². The van der Waals surface area contributed by atoms with Crippen LogP contribution in [0.5, 0.6) is 0 Å². The molecule has 0 spiro atoms. The van der Waals surface area contributed by atoms with E-state index in [9.17, 15) is 13.2 Å². The van der Waals surface area contributed by atoms with Crippen LogP contribution in [0.4, 0.5) is 0 Å². The third-order valence-electron chi connectivity index (χ3n) is 2.20. The van der Waals surface area contributed by atoms with E-state index in [4.69, 9.17) is 0 Å². The lowest BCUT2D eigenvalue weighted by Gasteiger charge is -2.14.